The van der Waals surface area contributed by atoms with Gasteiger partial charge in [0.25, 0.3) is 0 Å². The van der Waals surface area contributed by atoms with Crippen molar-refractivity contribution in [2.75, 3.05) is 13.2 Å². The summed E-state index contributed by atoms with van der Waals surface area (Å²) in [6.07, 6.45) is 3.47. The first-order valence-corrected chi connectivity index (χ1v) is 5.87. The average Bonchev–Trinajstić information content (AvgIpc) is 2.42. The number of rotatable bonds is 9. The molecule has 0 heterocycles. The highest BCUT2D eigenvalue weighted by Crippen LogP contribution is 2.04. The molecule has 1 N–H and O–H groups in total. The van der Waals surface area contributed by atoms with Crippen LogP contribution in [-0.4, -0.2) is 30.7 Å². The molecule has 4 heteroatoms. The Kier molecular flexibility index (Phi) is 7.52. The van der Waals surface area contributed by atoms with Crippen LogP contribution in [0.3, 0.4) is 0 Å². The molecule has 1 atom stereocenters. The third-order valence-electron chi connectivity index (χ3n) is 2.32. The second kappa shape index (κ2) is 9.39. The molecule has 0 fully saturated rings. The predicted molar refractivity (Wildman–Crippen MR) is 70.9 cm³/mol. The Balaban J connectivity index is 2.29. The van der Waals surface area contributed by atoms with Crippen LogP contribution in [-0.2, 0) is 16.1 Å². The van der Waals surface area contributed by atoms with Crippen LogP contribution in [0.4, 0.5) is 0 Å². The molecule has 0 unspecified atom stereocenters. The summed E-state index contributed by atoms with van der Waals surface area (Å²) in [6, 6.07) is 9.94. The van der Waals surface area contributed by atoms with Gasteiger partial charge in [-0.15, -0.1) is 11.7 Å². The predicted octanol–water partition coefficient (Wildman–Crippen LogP) is 2.62. The third-order valence-corrected chi connectivity index (χ3v) is 2.32. The van der Waals surface area contributed by atoms with Gasteiger partial charge in [-0.3, -0.25) is 0 Å². The summed E-state index contributed by atoms with van der Waals surface area (Å²) >= 11 is 0. The molecule has 0 amide bonds. The first-order valence-electron chi connectivity index (χ1n) is 5.87. The molecule has 1 aromatic rings. The second-order valence-corrected chi connectivity index (χ2v) is 3.78. The second-order valence-electron chi connectivity index (χ2n) is 3.78. The third kappa shape index (κ3) is 6.18. The van der Waals surface area contributed by atoms with Gasteiger partial charge >= 0.3 is 0 Å². The van der Waals surface area contributed by atoms with E-state index in [1.165, 1.54) is 6.21 Å². The van der Waals surface area contributed by atoms with Gasteiger partial charge in [0.1, 0.15) is 0 Å². The highest BCUT2D eigenvalue weighted by atomic mass is 16.5. The zero-order chi connectivity index (χ0) is 13.1. The van der Waals surface area contributed by atoms with Gasteiger partial charge in [0.2, 0.25) is 0 Å². The molecule has 0 bridgehead atoms. The van der Waals surface area contributed by atoms with E-state index in [4.69, 9.17) is 14.7 Å². The van der Waals surface area contributed by atoms with Crippen LogP contribution < -0.4 is 0 Å². The van der Waals surface area contributed by atoms with Crippen LogP contribution in [0.1, 0.15) is 12.0 Å². The first kappa shape index (κ1) is 14.4. The summed E-state index contributed by atoms with van der Waals surface area (Å²) in [7, 11) is 0. The normalized spacial score (nSPS) is 12.7. The Morgan fingerprint density at radius 3 is 2.78 bits per heavy atom. The number of nitrogens with zero attached hydrogens (tertiary/aromatic N) is 1. The number of benzene rings is 1. The van der Waals surface area contributed by atoms with Gasteiger partial charge in [0.05, 0.1) is 25.9 Å². The van der Waals surface area contributed by atoms with E-state index in [9.17, 15) is 0 Å². The maximum absolute atomic E-state index is 8.40. The lowest BCUT2D eigenvalue weighted by Crippen LogP contribution is -2.20. The fourth-order valence-corrected chi connectivity index (χ4v) is 1.44. The van der Waals surface area contributed by atoms with Gasteiger partial charge < -0.3 is 14.7 Å². The van der Waals surface area contributed by atoms with E-state index >= 15 is 0 Å². The summed E-state index contributed by atoms with van der Waals surface area (Å²) in [5.74, 6) is 0. The lowest BCUT2D eigenvalue weighted by molar-refractivity contribution is -0.00706. The summed E-state index contributed by atoms with van der Waals surface area (Å²) < 4.78 is 11.1. The molecule has 0 aliphatic rings. The topological polar surface area (TPSA) is 51.0 Å². The van der Waals surface area contributed by atoms with Crippen molar-refractivity contribution < 1.29 is 14.7 Å². The van der Waals surface area contributed by atoms with Crippen molar-refractivity contribution in [2.45, 2.75) is 19.1 Å². The van der Waals surface area contributed by atoms with Crippen LogP contribution in [0.5, 0.6) is 0 Å². The zero-order valence-corrected chi connectivity index (χ0v) is 10.4. The highest BCUT2D eigenvalue weighted by molar-refractivity contribution is 5.56. The Labute approximate surface area is 108 Å². The Hall–Kier alpha value is -1.65. The Morgan fingerprint density at radius 2 is 2.11 bits per heavy atom. The molecule has 18 heavy (non-hydrogen) atoms. The minimum Gasteiger partial charge on any atom is -0.411 e. The summed E-state index contributed by atoms with van der Waals surface area (Å²) in [5.41, 5.74) is 1.12. The molecular weight excluding hydrogens is 230 g/mol. The maximum atomic E-state index is 8.40. The van der Waals surface area contributed by atoms with Crippen LogP contribution in [0, 0.1) is 0 Å². The van der Waals surface area contributed by atoms with E-state index in [0.29, 0.717) is 26.2 Å². The smallest absolute Gasteiger partial charge is 0.0863 e. The quantitative estimate of drug-likeness (QED) is 0.317. The Bertz CT molecular complexity index is 351. The van der Waals surface area contributed by atoms with Gasteiger partial charge in [0, 0.05) is 12.6 Å². The van der Waals surface area contributed by atoms with Crippen LogP contribution in [0.15, 0.2) is 48.1 Å². The van der Waals surface area contributed by atoms with Crippen molar-refractivity contribution in [1.82, 2.24) is 0 Å². The average molecular weight is 249 g/mol. The Morgan fingerprint density at radius 1 is 1.33 bits per heavy atom. The van der Waals surface area contributed by atoms with Gasteiger partial charge in [-0.25, -0.2) is 0 Å². The number of ether oxygens (including phenoxy) is 2. The molecule has 1 rings (SSSR count). The zero-order valence-electron chi connectivity index (χ0n) is 10.4. The molecule has 1 aromatic carbocycles. The molecule has 0 radical (unpaired) electrons. The maximum Gasteiger partial charge on any atom is 0.0863 e. The number of hydrogen-bond donors (Lipinski definition) is 1. The summed E-state index contributed by atoms with van der Waals surface area (Å²) in [4.78, 5) is 0. The minimum absolute atomic E-state index is 0.123. The molecule has 0 saturated carbocycles. The van der Waals surface area contributed by atoms with E-state index in [0.717, 1.165) is 5.56 Å². The number of hydrogen-bond acceptors (Lipinski definition) is 4. The van der Waals surface area contributed by atoms with E-state index in [1.54, 1.807) is 6.08 Å². The van der Waals surface area contributed by atoms with Crippen molar-refractivity contribution >= 4 is 6.21 Å². The molecule has 0 spiro atoms. The van der Waals surface area contributed by atoms with E-state index in [-0.39, 0.29) is 6.10 Å². The monoisotopic (exact) mass is 249 g/mol. The van der Waals surface area contributed by atoms with Gasteiger partial charge in [-0.1, -0.05) is 36.4 Å². The van der Waals surface area contributed by atoms with Crippen LogP contribution >= 0.6 is 0 Å². The lowest BCUT2D eigenvalue weighted by atomic mass is 10.2. The summed E-state index contributed by atoms with van der Waals surface area (Å²) in [6.45, 7) is 5.05. The molecule has 0 saturated heterocycles. The van der Waals surface area contributed by atoms with Gasteiger partial charge in [0.15, 0.2) is 0 Å². The van der Waals surface area contributed by atoms with Gasteiger partial charge in [-0.2, -0.15) is 0 Å². The highest BCUT2D eigenvalue weighted by Gasteiger charge is 2.07. The van der Waals surface area contributed by atoms with Crippen molar-refractivity contribution in [3.05, 3.63) is 48.6 Å². The fraction of sp³-hybridized carbons (Fsp3) is 0.357. The molecule has 0 aliphatic carbocycles. The van der Waals surface area contributed by atoms with E-state index < -0.39 is 0 Å². The first-order chi connectivity index (χ1) is 8.86. The SMILES string of the molecule is C=CCO[C@@H](CC=NO)COCc1ccccc1. The largest absolute Gasteiger partial charge is 0.411 e. The lowest BCUT2D eigenvalue weighted by Gasteiger charge is -2.15. The minimum atomic E-state index is -0.123. The van der Waals surface area contributed by atoms with Crippen molar-refractivity contribution in [3.63, 3.8) is 0 Å². The standard InChI is InChI=1S/C14H19NO3/c1-2-10-18-14(8-9-15-16)12-17-11-13-6-4-3-5-7-13/h2-7,9,14,16H,1,8,10-12H2/t14-/m0/s1. The van der Waals surface area contributed by atoms with E-state index in [2.05, 4.69) is 11.7 Å². The molecule has 4 nitrogen and oxygen atoms in total. The van der Waals surface area contributed by atoms with Crippen molar-refractivity contribution in [2.24, 2.45) is 5.16 Å². The molecule has 0 aromatic heterocycles. The summed E-state index contributed by atoms with van der Waals surface area (Å²) in [5, 5.41) is 11.4. The fourth-order valence-electron chi connectivity index (χ4n) is 1.44. The molecular formula is C14H19NO3. The molecule has 98 valence electrons. The van der Waals surface area contributed by atoms with E-state index in [1.807, 2.05) is 30.3 Å². The van der Waals surface area contributed by atoms with Crippen LogP contribution in [0.2, 0.25) is 0 Å². The van der Waals surface area contributed by atoms with Crippen molar-refractivity contribution in [1.29, 1.82) is 0 Å². The molecule has 0 aliphatic heterocycles. The number of oxime groups is 1. The van der Waals surface area contributed by atoms with Crippen LogP contribution in [0.25, 0.3) is 0 Å². The van der Waals surface area contributed by atoms with Crippen molar-refractivity contribution in [3.8, 4) is 0 Å². The van der Waals surface area contributed by atoms with Gasteiger partial charge in [-0.05, 0) is 5.56 Å².